The summed E-state index contributed by atoms with van der Waals surface area (Å²) < 4.78 is 4.98. The molecule has 0 radical (unpaired) electrons. The first-order chi connectivity index (χ1) is 27.2. The Morgan fingerprint density at radius 2 is 1.02 bits per heavy atom. The highest BCUT2D eigenvalue weighted by Gasteiger charge is 2.29. The summed E-state index contributed by atoms with van der Waals surface area (Å²) in [6.45, 7) is 2.32. The molecule has 258 valence electrons. The van der Waals surface area contributed by atoms with Crippen molar-refractivity contribution in [1.82, 2.24) is 9.13 Å². The largest absolute Gasteiger partial charge is 0.361 e. The number of benzene rings is 9. The number of fused-ring (bicyclic) bond motifs is 12. The van der Waals surface area contributed by atoms with Gasteiger partial charge in [-0.15, -0.1) is 0 Å². The summed E-state index contributed by atoms with van der Waals surface area (Å²) in [5, 5.41) is 16.7. The maximum Gasteiger partial charge on any atom is 0.127 e. The molecule has 3 nitrogen and oxygen atoms in total. The van der Waals surface area contributed by atoms with Crippen LogP contribution >= 0.6 is 0 Å². The van der Waals surface area contributed by atoms with E-state index in [9.17, 15) is 0 Å². The van der Waals surface area contributed by atoms with E-state index >= 15 is 0 Å². The van der Waals surface area contributed by atoms with E-state index in [2.05, 4.69) is 203 Å². The molecule has 0 spiro atoms. The van der Waals surface area contributed by atoms with Gasteiger partial charge in [0.1, 0.15) is 6.17 Å². The van der Waals surface area contributed by atoms with Gasteiger partial charge in [0, 0.05) is 38.5 Å². The summed E-state index contributed by atoms with van der Waals surface area (Å²) in [7, 11) is 0. The SMILES string of the molecule is CC1=C(c2ccc3ccc4ccccc4c3c2)c2ccccc2NC1n1c2ccc(-n3c4ccccc4c4ccccc43)cc2c2c3ccccc3ccc21. The zero-order chi connectivity index (χ0) is 36.2. The van der Waals surface area contributed by atoms with Crippen LogP contribution < -0.4 is 5.32 Å². The molecule has 0 amide bonds. The highest BCUT2D eigenvalue weighted by atomic mass is 15.2. The molecule has 2 aromatic heterocycles. The summed E-state index contributed by atoms with van der Waals surface area (Å²) in [6, 6.07) is 67.1. The van der Waals surface area contributed by atoms with Crippen LogP contribution in [0, 0.1) is 0 Å². The molecule has 0 saturated carbocycles. The predicted molar refractivity (Wildman–Crippen MR) is 234 cm³/mol. The first kappa shape index (κ1) is 30.4. The summed E-state index contributed by atoms with van der Waals surface area (Å²) in [5.74, 6) is 0. The molecule has 12 rings (SSSR count). The highest BCUT2D eigenvalue weighted by Crippen LogP contribution is 2.46. The van der Waals surface area contributed by atoms with Crippen LogP contribution in [0.4, 0.5) is 5.69 Å². The fourth-order valence-corrected chi connectivity index (χ4v) is 9.66. The number of anilines is 1. The van der Waals surface area contributed by atoms with E-state index in [1.807, 2.05) is 0 Å². The summed E-state index contributed by atoms with van der Waals surface area (Å²) in [6.07, 6.45) is -0.117. The van der Waals surface area contributed by atoms with Crippen LogP contribution in [0.25, 0.3) is 87.2 Å². The highest BCUT2D eigenvalue weighted by molar-refractivity contribution is 6.21. The second-order valence-electron chi connectivity index (χ2n) is 15.0. The van der Waals surface area contributed by atoms with E-state index in [1.165, 1.54) is 98.2 Å². The van der Waals surface area contributed by atoms with Gasteiger partial charge in [-0.05, 0) is 104 Å². The lowest BCUT2D eigenvalue weighted by atomic mass is 9.87. The Hall–Kier alpha value is -7.10. The Balaban J connectivity index is 1.14. The standard InChI is InChI=1S/C52H35N3/c1-32-50(36-25-24-35-23-22-33-12-2-4-14-38(33)43(35)30-36)42-18-6-9-19-45(42)53-52(32)55-48-29-27-37(31-44(48)51-39-15-5-3-13-34(39)26-28-49(51)55)54-46-20-10-7-16-40(46)41-17-8-11-21-47(41)54/h2-31,52-53H,1H3. The molecule has 55 heavy (non-hydrogen) atoms. The van der Waals surface area contributed by atoms with Crippen LogP contribution in [-0.2, 0) is 0 Å². The molecule has 9 aromatic carbocycles. The molecule has 1 unspecified atom stereocenters. The Morgan fingerprint density at radius 1 is 0.436 bits per heavy atom. The molecule has 1 aliphatic heterocycles. The van der Waals surface area contributed by atoms with Crippen molar-refractivity contribution in [2.24, 2.45) is 0 Å². The molecule has 3 heterocycles. The minimum Gasteiger partial charge on any atom is -0.361 e. The summed E-state index contributed by atoms with van der Waals surface area (Å²) in [4.78, 5) is 0. The topological polar surface area (TPSA) is 21.9 Å². The molecule has 0 fully saturated rings. The summed E-state index contributed by atoms with van der Waals surface area (Å²) >= 11 is 0. The zero-order valence-electron chi connectivity index (χ0n) is 30.3. The van der Waals surface area contributed by atoms with Crippen LogP contribution in [0.15, 0.2) is 188 Å². The second-order valence-corrected chi connectivity index (χ2v) is 15.0. The molecule has 3 heteroatoms. The van der Waals surface area contributed by atoms with Crippen molar-refractivity contribution < 1.29 is 0 Å². The first-order valence-electron chi connectivity index (χ1n) is 19.1. The molecule has 0 saturated heterocycles. The van der Waals surface area contributed by atoms with Crippen molar-refractivity contribution in [3.63, 3.8) is 0 Å². The number of aromatic nitrogens is 2. The second kappa shape index (κ2) is 11.4. The smallest absolute Gasteiger partial charge is 0.127 e. The first-order valence-corrected chi connectivity index (χ1v) is 19.1. The number of nitrogens with zero attached hydrogens (tertiary/aromatic N) is 2. The van der Waals surface area contributed by atoms with E-state index in [0.29, 0.717) is 0 Å². The van der Waals surface area contributed by atoms with Gasteiger partial charge < -0.3 is 14.5 Å². The van der Waals surface area contributed by atoms with Crippen molar-refractivity contribution in [2.45, 2.75) is 13.1 Å². The van der Waals surface area contributed by atoms with Crippen LogP contribution in [0.5, 0.6) is 0 Å². The average Bonchev–Trinajstić information content (AvgIpc) is 3.76. The third kappa shape index (κ3) is 4.32. The van der Waals surface area contributed by atoms with Crippen molar-refractivity contribution in [2.75, 3.05) is 5.32 Å². The lowest BCUT2D eigenvalue weighted by molar-refractivity contribution is 0.681. The molecule has 0 bridgehead atoms. The van der Waals surface area contributed by atoms with Gasteiger partial charge >= 0.3 is 0 Å². The van der Waals surface area contributed by atoms with Crippen molar-refractivity contribution >= 4 is 87.2 Å². The lowest BCUT2D eigenvalue weighted by Gasteiger charge is -2.33. The molecule has 11 aromatic rings. The third-order valence-corrected chi connectivity index (χ3v) is 12.1. The Morgan fingerprint density at radius 3 is 1.80 bits per heavy atom. The fraction of sp³-hybridized carbons (Fsp3) is 0.0385. The van der Waals surface area contributed by atoms with Gasteiger partial charge in [-0.2, -0.15) is 0 Å². The summed E-state index contributed by atoms with van der Waals surface area (Å²) in [5.41, 5.74) is 12.2. The van der Waals surface area contributed by atoms with Crippen LogP contribution in [0.1, 0.15) is 24.2 Å². The monoisotopic (exact) mass is 701 g/mol. The van der Waals surface area contributed by atoms with Crippen LogP contribution in [0.2, 0.25) is 0 Å². The predicted octanol–water partition coefficient (Wildman–Crippen LogP) is 13.8. The number of hydrogen-bond donors (Lipinski definition) is 1. The third-order valence-electron chi connectivity index (χ3n) is 12.1. The van der Waals surface area contributed by atoms with E-state index in [-0.39, 0.29) is 6.17 Å². The fourth-order valence-electron chi connectivity index (χ4n) is 9.66. The van der Waals surface area contributed by atoms with Crippen molar-refractivity contribution in [3.05, 3.63) is 199 Å². The van der Waals surface area contributed by atoms with Gasteiger partial charge in [0.25, 0.3) is 0 Å². The number of para-hydroxylation sites is 3. The lowest BCUT2D eigenvalue weighted by Crippen LogP contribution is -2.24. The van der Waals surface area contributed by atoms with E-state index in [4.69, 9.17) is 0 Å². The molecule has 0 aliphatic carbocycles. The van der Waals surface area contributed by atoms with Gasteiger partial charge in [-0.25, -0.2) is 0 Å². The molecule has 1 atom stereocenters. The molecule has 1 N–H and O–H groups in total. The molecular weight excluding hydrogens is 667 g/mol. The quantitative estimate of drug-likeness (QED) is 0.182. The maximum atomic E-state index is 4.04. The number of hydrogen-bond acceptors (Lipinski definition) is 1. The van der Waals surface area contributed by atoms with Gasteiger partial charge in [-0.3, -0.25) is 0 Å². The van der Waals surface area contributed by atoms with E-state index < -0.39 is 0 Å². The Labute approximate surface area is 318 Å². The minimum atomic E-state index is -0.117. The number of nitrogens with one attached hydrogen (secondary N) is 1. The van der Waals surface area contributed by atoms with E-state index in [0.717, 1.165) is 11.4 Å². The van der Waals surface area contributed by atoms with Crippen molar-refractivity contribution in [1.29, 1.82) is 0 Å². The molecule has 1 aliphatic rings. The van der Waals surface area contributed by atoms with Crippen molar-refractivity contribution in [3.8, 4) is 5.69 Å². The Kier molecular flexibility index (Phi) is 6.32. The van der Waals surface area contributed by atoms with Crippen LogP contribution in [0.3, 0.4) is 0 Å². The normalized spacial score (nSPS) is 14.5. The average molecular weight is 702 g/mol. The molecular formula is C52H35N3. The van der Waals surface area contributed by atoms with Gasteiger partial charge in [0.2, 0.25) is 0 Å². The minimum absolute atomic E-state index is 0.117. The zero-order valence-corrected chi connectivity index (χ0v) is 30.3. The maximum absolute atomic E-state index is 4.04. The van der Waals surface area contributed by atoms with Gasteiger partial charge in [0.15, 0.2) is 0 Å². The van der Waals surface area contributed by atoms with E-state index in [1.54, 1.807) is 0 Å². The van der Waals surface area contributed by atoms with Gasteiger partial charge in [-0.1, -0.05) is 133 Å². The Bertz CT molecular complexity index is 3380. The van der Waals surface area contributed by atoms with Crippen LogP contribution in [-0.4, -0.2) is 9.13 Å². The van der Waals surface area contributed by atoms with Gasteiger partial charge in [0.05, 0.1) is 22.1 Å². The number of rotatable bonds is 3.